The van der Waals surface area contributed by atoms with Crippen molar-refractivity contribution >= 4 is 22.8 Å². The molecule has 1 atom stereocenters. The number of fused-ring (bicyclic) bond motifs is 1. The molecule has 2 N–H and O–H groups in total. The number of hydrogen-bond acceptors (Lipinski definition) is 4. The molecule has 32 heavy (non-hydrogen) atoms. The molecule has 0 saturated carbocycles. The predicted molar refractivity (Wildman–Crippen MR) is 123 cm³/mol. The largest absolute Gasteiger partial charge is 0.351 e. The van der Waals surface area contributed by atoms with Crippen molar-refractivity contribution < 1.29 is 9.59 Å². The molecule has 4 rings (SSSR count). The van der Waals surface area contributed by atoms with Gasteiger partial charge in [0.15, 0.2) is 0 Å². The van der Waals surface area contributed by atoms with Crippen molar-refractivity contribution in [3.8, 4) is 0 Å². The molecule has 8 nitrogen and oxygen atoms in total. The monoisotopic (exact) mass is 436 g/mol. The highest BCUT2D eigenvalue weighted by Crippen LogP contribution is 2.20. The number of aromatic nitrogens is 4. The van der Waals surface area contributed by atoms with Crippen LogP contribution in [0.5, 0.6) is 0 Å². The molecular weight excluding hydrogens is 404 g/mol. The number of rotatable bonds is 7. The van der Waals surface area contributed by atoms with Crippen LogP contribution in [-0.2, 0) is 22.6 Å². The molecular formula is C24H32N6O2. The van der Waals surface area contributed by atoms with Crippen LogP contribution in [0.15, 0.2) is 18.2 Å². The van der Waals surface area contributed by atoms with E-state index in [2.05, 4.69) is 46.4 Å². The number of hydrogen-bond donors (Lipinski definition) is 2. The zero-order valence-corrected chi connectivity index (χ0v) is 19.5. The Hall–Kier alpha value is -3.16. The van der Waals surface area contributed by atoms with E-state index < -0.39 is 0 Å². The molecule has 0 bridgehead atoms. The van der Waals surface area contributed by atoms with Crippen molar-refractivity contribution in [3.63, 3.8) is 0 Å². The Bertz CT molecular complexity index is 1120. The van der Waals surface area contributed by atoms with Crippen LogP contribution in [0.1, 0.15) is 41.7 Å². The van der Waals surface area contributed by atoms with Crippen LogP contribution in [0.3, 0.4) is 0 Å². The number of aryl methyl sites for hydroxylation is 5. The summed E-state index contributed by atoms with van der Waals surface area (Å²) in [6, 6.07) is 6.17. The van der Waals surface area contributed by atoms with Crippen LogP contribution in [-0.4, -0.2) is 55.6 Å². The Morgan fingerprint density at radius 2 is 1.88 bits per heavy atom. The van der Waals surface area contributed by atoms with Crippen LogP contribution in [0.2, 0.25) is 0 Å². The topological polar surface area (TPSA) is 95.9 Å². The SMILES string of the molecule is Cc1cc(C)n(CC(C)NC(=O)C2CN(C(=O)CCc3nc4cc(C)c(C)cc4[nH]3)C2)n1. The molecule has 8 heteroatoms. The summed E-state index contributed by atoms with van der Waals surface area (Å²) in [4.78, 5) is 34.7. The quantitative estimate of drug-likeness (QED) is 0.595. The van der Waals surface area contributed by atoms with Gasteiger partial charge >= 0.3 is 0 Å². The van der Waals surface area contributed by atoms with Crippen molar-refractivity contribution in [1.29, 1.82) is 0 Å². The molecule has 170 valence electrons. The number of benzene rings is 1. The van der Waals surface area contributed by atoms with E-state index in [1.165, 1.54) is 11.1 Å². The molecule has 0 aliphatic carbocycles. The molecule has 3 heterocycles. The number of imidazole rings is 1. The van der Waals surface area contributed by atoms with Crippen molar-refractivity contribution in [2.45, 2.75) is 60.0 Å². The number of amides is 2. The van der Waals surface area contributed by atoms with Gasteiger partial charge in [-0.3, -0.25) is 14.3 Å². The Labute approximate surface area is 188 Å². The van der Waals surface area contributed by atoms with Crippen molar-refractivity contribution in [3.05, 3.63) is 46.5 Å². The van der Waals surface area contributed by atoms with Gasteiger partial charge in [-0.1, -0.05) is 0 Å². The Balaban J connectivity index is 1.22. The average molecular weight is 437 g/mol. The van der Waals surface area contributed by atoms with Gasteiger partial charge in [-0.25, -0.2) is 4.98 Å². The second-order valence-electron chi connectivity index (χ2n) is 9.15. The van der Waals surface area contributed by atoms with E-state index >= 15 is 0 Å². The van der Waals surface area contributed by atoms with Crippen molar-refractivity contribution in [1.82, 2.24) is 30.0 Å². The molecule has 1 saturated heterocycles. The summed E-state index contributed by atoms with van der Waals surface area (Å²) in [5, 5.41) is 7.50. The summed E-state index contributed by atoms with van der Waals surface area (Å²) in [6.45, 7) is 11.7. The lowest BCUT2D eigenvalue weighted by molar-refractivity contribution is -0.143. The molecule has 1 fully saturated rings. The minimum atomic E-state index is -0.140. The van der Waals surface area contributed by atoms with Crippen LogP contribution >= 0.6 is 0 Å². The van der Waals surface area contributed by atoms with Gasteiger partial charge in [-0.15, -0.1) is 0 Å². The van der Waals surface area contributed by atoms with Crippen LogP contribution < -0.4 is 5.32 Å². The maximum absolute atomic E-state index is 12.5. The van der Waals surface area contributed by atoms with Crippen molar-refractivity contribution in [2.24, 2.45) is 5.92 Å². The number of carbonyl (C=O) groups excluding carboxylic acids is 2. The summed E-state index contributed by atoms with van der Waals surface area (Å²) < 4.78 is 1.91. The Morgan fingerprint density at radius 3 is 2.56 bits per heavy atom. The highest BCUT2D eigenvalue weighted by atomic mass is 16.2. The van der Waals surface area contributed by atoms with E-state index in [-0.39, 0.29) is 23.8 Å². The molecule has 0 radical (unpaired) electrons. The lowest BCUT2D eigenvalue weighted by Crippen LogP contribution is -2.57. The number of H-pyrrole nitrogens is 1. The lowest BCUT2D eigenvalue weighted by atomic mass is 9.98. The van der Waals surface area contributed by atoms with Gasteiger partial charge in [0, 0.05) is 37.7 Å². The standard InChI is InChI=1S/C24H32N6O2/c1-14-8-20-21(9-15(14)2)27-22(26-20)6-7-23(31)29-12-19(13-29)24(32)25-17(4)11-30-18(5)10-16(3)28-30/h8-10,17,19H,6-7,11-13H2,1-5H3,(H,25,32)(H,26,27). The highest BCUT2D eigenvalue weighted by Gasteiger charge is 2.35. The van der Waals surface area contributed by atoms with Crippen LogP contribution in [0.4, 0.5) is 0 Å². The fourth-order valence-electron chi connectivity index (χ4n) is 4.20. The van der Waals surface area contributed by atoms with Gasteiger partial charge in [-0.05, 0) is 63.9 Å². The normalized spacial score (nSPS) is 15.1. The van der Waals surface area contributed by atoms with Gasteiger partial charge in [0.05, 0.1) is 29.2 Å². The number of aromatic amines is 1. The number of nitrogens with one attached hydrogen (secondary N) is 2. The summed E-state index contributed by atoms with van der Waals surface area (Å²) in [5.74, 6) is 0.758. The maximum Gasteiger partial charge on any atom is 0.226 e. The summed E-state index contributed by atoms with van der Waals surface area (Å²) in [5.41, 5.74) is 6.43. The second-order valence-corrected chi connectivity index (χ2v) is 9.15. The predicted octanol–water partition coefficient (Wildman–Crippen LogP) is 2.59. The molecule has 1 aliphatic heterocycles. The van der Waals surface area contributed by atoms with Crippen molar-refractivity contribution in [2.75, 3.05) is 13.1 Å². The Morgan fingerprint density at radius 1 is 1.16 bits per heavy atom. The summed E-state index contributed by atoms with van der Waals surface area (Å²) in [6.07, 6.45) is 0.957. The van der Waals surface area contributed by atoms with E-state index in [0.717, 1.165) is 28.2 Å². The lowest BCUT2D eigenvalue weighted by Gasteiger charge is -2.38. The van der Waals surface area contributed by atoms with E-state index in [0.29, 0.717) is 32.5 Å². The number of likely N-dealkylation sites (tertiary alicyclic amines) is 1. The van der Waals surface area contributed by atoms with Gasteiger partial charge < -0.3 is 15.2 Å². The highest BCUT2D eigenvalue weighted by molar-refractivity contribution is 5.84. The molecule has 1 unspecified atom stereocenters. The Kier molecular flexibility index (Phi) is 6.04. The maximum atomic E-state index is 12.5. The molecule has 0 spiro atoms. The summed E-state index contributed by atoms with van der Waals surface area (Å²) >= 11 is 0. The first-order valence-electron chi connectivity index (χ1n) is 11.2. The first-order chi connectivity index (χ1) is 15.2. The smallest absolute Gasteiger partial charge is 0.226 e. The van der Waals surface area contributed by atoms with E-state index in [1.54, 1.807) is 4.90 Å². The molecule has 3 aromatic rings. The summed E-state index contributed by atoms with van der Waals surface area (Å²) in [7, 11) is 0. The molecule has 2 aromatic heterocycles. The fraction of sp³-hybridized carbons (Fsp3) is 0.500. The molecule has 1 aromatic carbocycles. The first kappa shape index (κ1) is 22.0. The van der Waals surface area contributed by atoms with Gasteiger partial charge in [0.25, 0.3) is 0 Å². The van der Waals surface area contributed by atoms with E-state index in [4.69, 9.17) is 0 Å². The van der Waals surface area contributed by atoms with Crippen LogP contribution in [0, 0.1) is 33.6 Å². The minimum Gasteiger partial charge on any atom is -0.351 e. The first-order valence-corrected chi connectivity index (χ1v) is 11.2. The van der Waals surface area contributed by atoms with E-state index in [1.807, 2.05) is 31.5 Å². The van der Waals surface area contributed by atoms with Gasteiger partial charge in [0.2, 0.25) is 11.8 Å². The fourth-order valence-corrected chi connectivity index (χ4v) is 4.20. The van der Waals surface area contributed by atoms with E-state index in [9.17, 15) is 9.59 Å². The zero-order chi connectivity index (χ0) is 23.0. The number of carbonyl (C=O) groups is 2. The average Bonchev–Trinajstić information content (AvgIpc) is 3.20. The van der Waals surface area contributed by atoms with Gasteiger partial charge in [0.1, 0.15) is 5.82 Å². The molecule has 1 aliphatic rings. The molecule has 2 amide bonds. The number of nitrogens with zero attached hydrogens (tertiary/aromatic N) is 4. The third-order valence-corrected chi connectivity index (χ3v) is 6.27. The zero-order valence-electron chi connectivity index (χ0n) is 19.5. The third kappa shape index (κ3) is 4.69. The third-order valence-electron chi connectivity index (χ3n) is 6.27. The van der Waals surface area contributed by atoms with Crippen LogP contribution in [0.25, 0.3) is 11.0 Å². The minimum absolute atomic E-state index is 0.00565. The second kappa shape index (κ2) is 8.76. The van der Waals surface area contributed by atoms with Gasteiger partial charge in [-0.2, -0.15) is 5.10 Å².